The molecule has 0 aliphatic heterocycles. The number of aromatic nitrogens is 1. The quantitative estimate of drug-likeness (QED) is 0.610. The van der Waals surface area contributed by atoms with Crippen LogP contribution in [-0.2, 0) is 12.8 Å². The van der Waals surface area contributed by atoms with E-state index in [2.05, 4.69) is 42.5 Å². The molecule has 1 aromatic carbocycles. The van der Waals surface area contributed by atoms with Gasteiger partial charge >= 0.3 is 0 Å². The monoisotopic (exact) mass is 213 g/mol. The maximum Gasteiger partial charge on any atom is 0.199 e. The van der Waals surface area contributed by atoms with Gasteiger partial charge in [-0.1, -0.05) is 35.0 Å². The molecule has 0 unspecified atom stereocenters. The van der Waals surface area contributed by atoms with Crippen LogP contribution in [0.5, 0.6) is 0 Å². The molecule has 82 valence electrons. The van der Waals surface area contributed by atoms with Crippen molar-refractivity contribution in [1.29, 1.82) is 0 Å². The van der Waals surface area contributed by atoms with E-state index < -0.39 is 0 Å². The molecule has 0 saturated carbocycles. The molecule has 0 spiro atoms. The molecule has 0 amide bonds. The van der Waals surface area contributed by atoms with Crippen molar-refractivity contribution < 1.29 is 4.68 Å². The normalized spacial score (nSPS) is 10.2. The minimum absolute atomic E-state index is 1.11. The van der Waals surface area contributed by atoms with E-state index in [1.54, 1.807) is 4.68 Å². The van der Waals surface area contributed by atoms with E-state index in [9.17, 15) is 0 Å². The Morgan fingerprint density at radius 3 is 2.00 bits per heavy atom. The molecular formula is C14H17N2+. The molecule has 2 aromatic rings. The summed E-state index contributed by atoms with van der Waals surface area (Å²) in [6, 6.07) is 14.7. The van der Waals surface area contributed by atoms with Crippen molar-refractivity contribution in [3.05, 3.63) is 66.0 Å². The summed E-state index contributed by atoms with van der Waals surface area (Å²) in [5.41, 5.74) is 2.75. The molecule has 0 saturated heterocycles. The van der Waals surface area contributed by atoms with E-state index in [1.165, 1.54) is 17.5 Å². The molecule has 2 heteroatoms. The van der Waals surface area contributed by atoms with E-state index in [1.807, 2.05) is 12.4 Å². The van der Waals surface area contributed by atoms with Crippen LogP contribution in [-0.4, -0.2) is 0 Å². The maximum atomic E-state index is 5.56. The van der Waals surface area contributed by atoms with Gasteiger partial charge in [-0.3, -0.25) is 0 Å². The third-order valence-electron chi connectivity index (χ3n) is 2.70. The minimum atomic E-state index is 1.11. The van der Waals surface area contributed by atoms with E-state index >= 15 is 0 Å². The van der Waals surface area contributed by atoms with Crippen LogP contribution in [0.2, 0.25) is 0 Å². The van der Waals surface area contributed by atoms with Gasteiger partial charge in [0.05, 0.1) is 0 Å². The summed E-state index contributed by atoms with van der Waals surface area (Å²) in [6.45, 7) is 0. The molecule has 0 fully saturated rings. The Morgan fingerprint density at radius 1 is 0.812 bits per heavy atom. The van der Waals surface area contributed by atoms with Crippen molar-refractivity contribution in [3.63, 3.8) is 0 Å². The number of nitrogen functional groups attached to an aromatic ring is 1. The van der Waals surface area contributed by atoms with Gasteiger partial charge in [0.25, 0.3) is 0 Å². The van der Waals surface area contributed by atoms with Crippen LogP contribution in [0.4, 0.5) is 0 Å². The Balaban J connectivity index is 1.82. The van der Waals surface area contributed by atoms with Crippen molar-refractivity contribution >= 4 is 0 Å². The average molecular weight is 213 g/mol. The SMILES string of the molecule is N[n+]1ccc(CCCc2ccccc2)cc1. The molecule has 0 bridgehead atoms. The van der Waals surface area contributed by atoms with Crippen molar-refractivity contribution in [2.75, 3.05) is 5.84 Å². The summed E-state index contributed by atoms with van der Waals surface area (Å²) in [6.07, 6.45) is 7.20. The first-order chi connectivity index (χ1) is 7.84. The number of pyridine rings is 1. The maximum absolute atomic E-state index is 5.56. The Morgan fingerprint density at radius 2 is 1.38 bits per heavy atom. The standard InChI is InChI=1S/C14H17N2/c15-16-11-9-14(10-12-16)8-4-7-13-5-2-1-3-6-13/h1-3,5-6,9-12H,4,7-8,15H2/q+1. The third-order valence-corrected chi connectivity index (χ3v) is 2.70. The van der Waals surface area contributed by atoms with E-state index in [0.717, 1.165) is 12.8 Å². The number of hydrogen-bond donors (Lipinski definition) is 1. The van der Waals surface area contributed by atoms with Gasteiger partial charge in [-0.15, -0.1) is 0 Å². The fraction of sp³-hybridized carbons (Fsp3) is 0.214. The smallest absolute Gasteiger partial charge is 0.199 e. The molecule has 2 N–H and O–H groups in total. The molecule has 1 heterocycles. The molecule has 0 aliphatic carbocycles. The van der Waals surface area contributed by atoms with Crippen LogP contribution in [0, 0.1) is 0 Å². The van der Waals surface area contributed by atoms with Crippen molar-refractivity contribution in [2.24, 2.45) is 0 Å². The number of hydrogen-bond acceptors (Lipinski definition) is 1. The number of benzene rings is 1. The summed E-state index contributed by atoms with van der Waals surface area (Å²) in [5, 5.41) is 0. The fourth-order valence-corrected chi connectivity index (χ4v) is 1.78. The molecule has 2 rings (SSSR count). The molecular weight excluding hydrogens is 196 g/mol. The van der Waals surface area contributed by atoms with Crippen LogP contribution < -0.4 is 10.5 Å². The Labute approximate surface area is 96.3 Å². The highest BCUT2D eigenvalue weighted by atomic mass is 15.3. The van der Waals surface area contributed by atoms with Crippen LogP contribution in [0.15, 0.2) is 54.9 Å². The number of aryl methyl sites for hydroxylation is 2. The van der Waals surface area contributed by atoms with E-state index in [4.69, 9.17) is 5.84 Å². The number of nitrogens with two attached hydrogens (primary N) is 1. The van der Waals surface area contributed by atoms with Crippen LogP contribution in [0.25, 0.3) is 0 Å². The van der Waals surface area contributed by atoms with Crippen molar-refractivity contribution in [1.82, 2.24) is 0 Å². The van der Waals surface area contributed by atoms with Gasteiger partial charge in [-0.05, 0) is 30.4 Å². The van der Waals surface area contributed by atoms with Gasteiger partial charge in [0.1, 0.15) is 0 Å². The predicted octanol–water partition coefficient (Wildman–Crippen LogP) is 1.86. The van der Waals surface area contributed by atoms with Crippen molar-refractivity contribution in [3.8, 4) is 0 Å². The number of rotatable bonds is 4. The van der Waals surface area contributed by atoms with Gasteiger partial charge < -0.3 is 0 Å². The Bertz CT molecular complexity index is 420. The molecule has 2 nitrogen and oxygen atoms in total. The van der Waals surface area contributed by atoms with Gasteiger partial charge in [-0.25, -0.2) is 5.84 Å². The molecule has 0 atom stereocenters. The zero-order chi connectivity index (χ0) is 11.2. The zero-order valence-electron chi connectivity index (χ0n) is 9.34. The average Bonchev–Trinajstić information content (AvgIpc) is 2.33. The molecule has 0 aliphatic rings. The largest absolute Gasteiger partial charge is 0.205 e. The second-order valence-electron chi connectivity index (χ2n) is 3.99. The third kappa shape index (κ3) is 3.09. The lowest BCUT2D eigenvalue weighted by molar-refractivity contribution is -0.639. The second kappa shape index (κ2) is 5.31. The summed E-state index contributed by atoms with van der Waals surface area (Å²) in [7, 11) is 0. The minimum Gasteiger partial charge on any atom is -0.205 e. The van der Waals surface area contributed by atoms with Gasteiger partial charge in [0.2, 0.25) is 0 Å². The highest BCUT2D eigenvalue weighted by Gasteiger charge is 1.97. The van der Waals surface area contributed by atoms with Gasteiger partial charge in [0, 0.05) is 12.1 Å². The lowest BCUT2D eigenvalue weighted by Gasteiger charge is -2.01. The first-order valence-corrected chi connectivity index (χ1v) is 5.64. The highest BCUT2D eigenvalue weighted by Crippen LogP contribution is 2.06. The lowest BCUT2D eigenvalue weighted by atomic mass is 10.1. The first kappa shape index (κ1) is 10.7. The van der Waals surface area contributed by atoms with E-state index in [-0.39, 0.29) is 0 Å². The van der Waals surface area contributed by atoms with Crippen LogP contribution in [0.1, 0.15) is 17.5 Å². The summed E-state index contributed by atoms with van der Waals surface area (Å²) in [4.78, 5) is 0. The zero-order valence-corrected chi connectivity index (χ0v) is 9.34. The molecule has 0 radical (unpaired) electrons. The van der Waals surface area contributed by atoms with Crippen LogP contribution >= 0.6 is 0 Å². The Kier molecular flexibility index (Phi) is 3.54. The van der Waals surface area contributed by atoms with Gasteiger partial charge in [-0.2, -0.15) is 0 Å². The summed E-state index contributed by atoms with van der Waals surface area (Å²) >= 11 is 0. The highest BCUT2D eigenvalue weighted by molar-refractivity contribution is 5.15. The van der Waals surface area contributed by atoms with Crippen LogP contribution in [0.3, 0.4) is 0 Å². The topological polar surface area (TPSA) is 29.9 Å². The fourth-order valence-electron chi connectivity index (χ4n) is 1.78. The molecule has 1 aromatic heterocycles. The summed E-state index contributed by atoms with van der Waals surface area (Å²) in [5.74, 6) is 5.56. The van der Waals surface area contributed by atoms with Gasteiger partial charge in [0.15, 0.2) is 12.4 Å². The predicted molar refractivity (Wildman–Crippen MR) is 65.3 cm³/mol. The number of nitrogens with zero attached hydrogens (tertiary/aromatic N) is 1. The second-order valence-corrected chi connectivity index (χ2v) is 3.99. The lowest BCUT2D eigenvalue weighted by Crippen LogP contribution is -2.43. The Hall–Kier alpha value is -1.83. The van der Waals surface area contributed by atoms with E-state index in [0.29, 0.717) is 0 Å². The molecule has 16 heavy (non-hydrogen) atoms. The van der Waals surface area contributed by atoms with Crippen molar-refractivity contribution in [2.45, 2.75) is 19.3 Å². The first-order valence-electron chi connectivity index (χ1n) is 5.64. The summed E-state index contributed by atoms with van der Waals surface area (Å²) < 4.78 is 1.57.